The second-order valence-electron chi connectivity index (χ2n) is 9.30. The van der Waals surface area contributed by atoms with Crippen molar-refractivity contribution in [3.8, 4) is 0 Å². The number of fused-ring (bicyclic) bond motifs is 2. The second kappa shape index (κ2) is 9.31. The van der Waals surface area contributed by atoms with E-state index >= 15 is 0 Å². The van der Waals surface area contributed by atoms with Crippen LogP contribution in [0.2, 0.25) is 0 Å². The molecule has 34 heavy (non-hydrogen) atoms. The van der Waals surface area contributed by atoms with Crippen LogP contribution in [0.4, 0.5) is 0 Å². The number of aromatic nitrogens is 1. The van der Waals surface area contributed by atoms with Gasteiger partial charge >= 0.3 is 0 Å². The molecule has 0 bridgehead atoms. The Balaban J connectivity index is 1.53. The Hall–Kier alpha value is -3.64. The number of rotatable bonds is 6. The summed E-state index contributed by atoms with van der Waals surface area (Å²) in [6.07, 6.45) is 3.03. The predicted octanol–water partition coefficient (Wildman–Crippen LogP) is 4.33. The van der Waals surface area contributed by atoms with Crippen LogP contribution in [0.1, 0.15) is 40.9 Å². The fourth-order valence-electron chi connectivity index (χ4n) is 5.11. The van der Waals surface area contributed by atoms with E-state index in [1.165, 1.54) is 10.8 Å². The van der Waals surface area contributed by atoms with Gasteiger partial charge in [-0.3, -0.25) is 10.2 Å². The molecule has 6 nitrogen and oxygen atoms in total. The van der Waals surface area contributed by atoms with E-state index < -0.39 is 0 Å². The molecule has 0 radical (unpaired) electrons. The van der Waals surface area contributed by atoms with Crippen LogP contribution in [0, 0.1) is 11.3 Å². The van der Waals surface area contributed by atoms with Crippen LogP contribution in [-0.4, -0.2) is 40.8 Å². The van der Waals surface area contributed by atoms with Crippen molar-refractivity contribution >= 4 is 33.4 Å². The number of piperidine rings is 1. The molecule has 1 aromatic heterocycles. The summed E-state index contributed by atoms with van der Waals surface area (Å²) < 4.78 is 2.08. The summed E-state index contributed by atoms with van der Waals surface area (Å²) in [6, 6.07) is 22.4. The molecule has 6 heteroatoms. The second-order valence-corrected chi connectivity index (χ2v) is 9.30. The van der Waals surface area contributed by atoms with Crippen molar-refractivity contribution in [3.05, 3.63) is 83.6 Å². The van der Waals surface area contributed by atoms with Crippen molar-refractivity contribution in [1.29, 1.82) is 5.41 Å². The molecule has 1 fully saturated rings. The lowest BCUT2D eigenvalue weighted by Gasteiger charge is -2.32. The third-order valence-corrected chi connectivity index (χ3v) is 7.07. The van der Waals surface area contributed by atoms with Crippen LogP contribution in [0.3, 0.4) is 0 Å². The molecule has 0 unspecified atom stereocenters. The first kappa shape index (κ1) is 22.2. The smallest absolute Gasteiger partial charge is 0.270 e. The molecule has 0 saturated carbocycles. The van der Waals surface area contributed by atoms with Crippen molar-refractivity contribution in [2.45, 2.75) is 25.8 Å². The molecule has 3 aromatic carbocycles. The molecular formula is C28H31N5O. The number of carbonyl (C=O) groups excluding carboxylic acids is 1. The van der Waals surface area contributed by atoms with Gasteiger partial charge in [0.2, 0.25) is 0 Å². The first-order chi connectivity index (χ1) is 16.5. The normalized spacial score (nSPS) is 14.7. The van der Waals surface area contributed by atoms with Crippen LogP contribution >= 0.6 is 0 Å². The van der Waals surface area contributed by atoms with E-state index in [0.29, 0.717) is 30.3 Å². The minimum atomic E-state index is 0.0233. The van der Waals surface area contributed by atoms with Crippen molar-refractivity contribution in [3.63, 3.8) is 0 Å². The van der Waals surface area contributed by atoms with Crippen LogP contribution in [0.5, 0.6) is 0 Å². The average Bonchev–Trinajstić information content (AvgIpc) is 3.21. The van der Waals surface area contributed by atoms with Crippen LogP contribution in [0.15, 0.2) is 66.7 Å². The quantitative estimate of drug-likeness (QED) is 0.299. The van der Waals surface area contributed by atoms with Gasteiger partial charge in [-0.05, 0) is 66.3 Å². The highest BCUT2D eigenvalue weighted by Crippen LogP contribution is 2.27. The fraction of sp³-hybridized carbons (Fsp3) is 0.286. The molecule has 0 spiro atoms. The Morgan fingerprint density at radius 1 is 0.941 bits per heavy atom. The Labute approximate surface area is 199 Å². The largest absolute Gasteiger partial charge is 0.384 e. The fourth-order valence-corrected chi connectivity index (χ4v) is 5.11. The number of nitrogens with zero attached hydrogens (tertiary/aromatic N) is 2. The van der Waals surface area contributed by atoms with Gasteiger partial charge in [-0.25, -0.2) is 0 Å². The first-order valence-corrected chi connectivity index (χ1v) is 12.0. The number of amidine groups is 1. The molecule has 2 heterocycles. The maximum absolute atomic E-state index is 13.7. The molecule has 1 saturated heterocycles. The number of carbonyl (C=O) groups is 1. The Bertz CT molecular complexity index is 1360. The standard InChI is InChI=1S/C28H31N5O/c29-12-9-19-10-13-32(14-11-19)28(34)26-16-23-7-8-24(27(30)31)17-25(23)33(26)18-20-5-6-21-3-1-2-4-22(21)15-20/h1-8,15-17,19H,9-14,18,29H2,(H3,30,31). The van der Waals surface area contributed by atoms with E-state index in [0.717, 1.165) is 48.8 Å². The summed E-state index contributed by atoms with van der Waals surface area (Å²) in [5.74, 6) is 0.693. The highest BCUT2D eigenvalue weighted by Gasteiger charge is 2.26. The number of likely N-dealkylation sites (tertiary alicyclic amines) is 1. The molecule has 174 valence electrons. The summed E-state index contributed by atoms with van der Waals surface area (Å²) in [4.78, 5) is 15.7. The van der Waals surface area contributed by atoms with Crippen LogP contribution in [0.25, 0.3) is 21.7 Å². The topological polar surface area (TPSA) is 101 Å². The van der Waals surface area contributed by atoms with Gasteiger partial charge in [-0.15, -0.1) is 0 Å². The van der Waals surface area contributed by atoms with Gasteiger partial charge in [0, 0.05) is 36.1 Å². The summed E-state index contributed by atoms with van der Waals surface area (Å²) in [5, 5.41) is 11.2. The highest BCUT2D eigenvalue weighted by atomic mass is 16.2. The van der Waals surface area contributed by atoms with Crippen molar-refractivity contribution in [2.24, 2.45) is 17.4 Å². The zero-order chi connectivity index (χ0) is 23.7. The molecule has 5 rings (SSSR count). The van der Waals surface area contributed by atoms with Gasteiger partial charge in [-0.2, -0.15) is 0 Å². The molecule has 1 aliphatic rings. The molecular weight excluding hydrogens is 422 g/mol. The zero-order valence-corrected chi connectivity index (χ0v) is 19.3. The Kier molecular flexibility index (Phi) is 6.07. The van der Waals surface area contributed by atoms with E-state index in [-0.39, 0.29) is 11.7 Å². The van der Waals surface area contributed by atoms with E-state index in [9.17, 15) is 4.79 Å². The van der Waals surface area contributed by atoms with Gasteiger partial charge in [-0.1, -0.05) is 48.5 Å². The van der Waals surface area contributed by atoms with Crippen molar-refractivity contribution in [1.82, 2.24) is 9.47 Å². The van der Waals surface area contributed by atoms with Gasteiger partial charge in [0.05, 0.1) is 0 Å². The third-order valence-electron chi connectivity index (χ3n) is 7.07. The lowest BCUT2D eigenvalue weighted by atomic mass is 9.93. The van der Waals surface area contributed by atoms with Gasteiger partial charge in [0.15, 0.2) is 0 Å². The summed E-state index contributed by atoms with van der Waals surface area (Å²) >= 11 is 0. The number of hydrogen-bond donors (Lipinski definition) is 3. The van der Waals surface area contributed by atoms with Gasteiger partial charge in [0.25, 0.3) is 5.91 Å². The van der Waals surface area contributed by atoms with Crippen molar-refractivity contribution < 1.29 is 4.79 Å². The third kappa shape index (κ3) is 4.29. The number of nitrogens with two attached hydrogens (primary N) is 2. The lowest BCUT2D eigenvalue weighted by molar-refractivity contribution is 0.0678. The minimum absolute atomic E-state index is 0.0233. The molecule has 0 atom stereocenters. The van der Waals surface area contributed by atoms with Crippen molar-refractivity contribution in [2.75, 3.05) is 19.6 Å². The summed E-state index contributed by atoms with van der Waals surface area (Å²) in [6.45, 7) is 2.80. The average molecular weight is 454 g/mol. The number of nitrogen functional groups attached to an aromatic ring is 1. The number of hydrogen-bond acceptors (Lipinski definition) is 3. The van der Waals surface area contributed by atoms with E-state index in [2.05, 4.69) is 34.9 Å². The predicted molar refractivity (Wildman–Crippen MR) is 138 cm³/mol. The van der Waals surface area contributed by atoms with Gasteiger partial charge in [0.1, 0.15) is 11.5 Å². The van der Waals surface area contributed by atoms with Crippen LogP contribution < -0.4 is 11.5 Å². The monoisotopic (exact) mass is 453 g/mol. The number of amides is 1. The molecule has 1 amide bonds. The Morgan fingerprint density at radius 2 is 1.68 bits per heavy atom. The summed E-state index contributed by atoms with van der Waals surface area (Å²) in [5.41, 5.74) is 14.9. The number of benzene rings is 3. The molecule has 0 aliphatic carbocycles. The van der Waals surface area contributed by atoms with Crippen LogP contribution in [-0.2, 0) is 6.54 Å². The number of nitrogens with one attached hydrogen (secondary N) is 1. The first-order valence-electron chi connectivity index (χ1n) is 12.0. The zero-order valence-electron chi connectivity index (χ0n) is 19.3. The maximum Gasteiger partial charge on any atom is 0.270 e. The Morgan fingerprint density at radius 3 is 2.41 bits per heavy atom. The molecule has 5 N–H and O–H groups in total. The molecule has 1 aliphatic heterocycles. The lowest BCUT2D eigenvalue weighted by Crippen LogP contribution is -2.39. The molecule has 4 aromatic rings. The highest BCUT2D eigenvalue weighted by molar-refractivity contribution is 6.02. The minimum Gasteiger partial charge on any atom is -0.384 e. The van der Waals surface area contributed by atoms with E-state index in [4.69, 9.17) is 16.9 Å². The maximum atomic E-state index is 13.7. The van der Waals surface area contributed by atoms with E-state index in [1.807, 2.05) is 41.3 Å². The van der Waals surface area contributed by atoms with Gasteiger partial charge < -0.3 is 20.9 Å². The SMILES string of the molecule is N=C(N)c1ccc2cc(C(=O)N3CCC(CCN)CC3)n(Cc3ccc4ccccc4c3)c2c1. The summed E-state index contributed by atoms with van der Waals surface area (Å²) in [7, 11) is 0. The van der Waals surface area contributed by atoms with E-state index in [1.54, 1.807) is 0 Å².